The number of methoxy groups -OCH3 is 1. The van der Waals surface area contributed by atoms with Crippen molar-refractivity contribution in [3.05, 3.63) is 52.0 Å². The summed E-state index contributed by atoms with van der Waals surface area (Å²) in [6.07, 6.45) is -0.249. The Morgan fingerprint density at radius 1 is 1.12 bits per heavy atom. The smallest absolute Gasteiger partial charge is 0.346 e. The monoisotopic (exact) mass is 368 g/mol. The summed E-state index contributed by atoms with van der Waals surface area (Å²) in [6.45, 7) is 1.52. The third kappa shape index (κ3) is 4.40. The zero-order valence-corrected chi connectivity index (χ0v) is 14.4. The van der Waals surface area contributed by atoms with Crippen LogP contribution in [0.25, 0.3) is 0 Å². The van der Waals surface area contributed by atoms with Gasteiger partial charge in [0.1, 0.15) is 17.2 Å². The van der Waals surface area contributed by atoms with Crippen molar-refractivity contribution in [2.45, 2.75) is 13.0 Å². The van der Waals surface area contributed by atoms with Crippen LogP contribution in [0.15, 0.2) is 36.4 Å². The van der Waals surface area contributed by atoms with Gasteiger partial charge in [0.05, 0.1) is 17.7 Å². The largest absolute Gasteiger partial charge is 0.478 e. The molecule has 1 unspecified atom stereocenters. The van der Waals surface area contributed by atoms with Crippen LogP contribution >= 0.6 is 23.2 Å². The minimum Gasteiger partial charge on any atom is -0.478 e. The zero-order valence-electron chi connectivity index (χ0n) is 12.9. The van der Waals surface area contributed by atoms with Crippen LogP contribution in [-0.2, 0) is 9.53 Å². The SMILES string of the molecule is COC(=O)C(C)Oc1cc(Oc2ccc(Cl)cc2Cl)ccc1C=O. The highest BCUT2D eigenvalue weighted by Gasteiger charge is 2.17. The first-order valence-electron chi connectivity index (χ1n) is 6.91. The van der Waals surface area contributed by atoms with Gasteiger partial charge in [-0.25, -0.2) is 4.79 Å². The highest BCUT2D eigenvalue weighted by atomic mass is 35.5. The minimum atomic E-state index is -0.872. The van der Waals surface area contributed by atoms with Crippen LogP contribution in [0, 0.1) is 0 Å². The second-order valence-electron chi connectivity index (χ2n) is 4.78. The molecule has 2 rings (SSSR count). The van der Waals surface area contributed by atoms with Crippen LogP contribution in [0.2, 0.25) is 10.0 Å². The van der Waals surface area contributed by atoms with E-state index < -0.39 is 12.1 Å². The van der Waals surface area contributed by atoms with Gasteiger partial charge in [-0.1, -0.05) is 23.2 Å². The molecule has 0 aliphatic carbocycles. The molecule has 0 radical (unpaired) electrons. The summed E-state index contributed by atoms with van der Waals surface area (Å²) >= 11 is 11.9. The number of hydrogen-bond acceptors (Lipinski definition) is 5. The van der Waals surface area contributed by atoms with E-state index in [9.17, 15) is 9.59 Å². The fraction of sp³-hybridized carbons (Fsp3) is 0.176. The zero-order chi connectivity index (χ0) is 17.7. The van der Waals surface area contributed by atoms with Gasteiger partial charge in [0.15, 0.2) is 12.4 Å². The maximum atomic E-state index is 11.5. The fourth-order valence-corrected chi connectivity index (χ4v) is 2.31. The van der Waals surface area contributed by atoms with Crippen molar-refractivity contribution < 1.29 is 23.8 Å². The number of carbonyl (C=O) groups excluding carboxylic acids is 2. The number of carbonyl (C=O) groups is 2. The van der Waals surface area contributed by atoms with Gasteiger partial charge in [0.25, 0.3) is 0 Å². The summed E-state index contributed by atoms with van der Waals surface area (Å²) in [5.74, 6) is 0.424. The molecule has 2 aromatic rings. The van der Waals surface area contributed by atoms with Crippen molar-refractivity contribution in [2.24, 2.45) is 0 Å². The van der Waals surface area contributed by atoms with Gasteiger partial charge in [-0.3, -0.25) is 4.79 Å². The van der Waals surface area contributed by atoms with E-state index in [2.05, 4.69) is 4.74 Å². The molecule has 0 aliphatic rings. The number of aldehydes is 1. The molecular weight excluding hydrogens is 355 g/mol. The van der Waals surface area contributed by atoms with Crippen LogP contribution in [0.3, 0.4) is 0 Å². The lowest BCUT2D eigenvalue weighted by Crippen LogP contribution is -2.25. The van der Waals surface area contributed by atoms with E-state index in [4.69, 9.17) is 32.7 Å². The molecule has 0 heterocycles. The molecule has 0 aromatic heterocycles. The molecule has 1 atom stereocenters. The van der Waals surface area contributed by atoms with Gasteiger partial charge < -0.3 is 14.2 Å². The van der Waals surface area contributed by atoms with Gasteiger partial charge in [-0.05, 0) is 37.3 Å². The van der Waals surface area contributed by atoms with Gasteiger partial charge in [0.2, 0.25) is 0 Å². The van der Waals surface area contributed by atoms with Crippen LogP contribution in [0.1, 0.15) is 17.3 Å². The van der Waals surface area contributed by atoms with Crippen molar-refractivity contribution in [1.82, 2.24) is 0 Å². The standard InChI is InChI=1S/C17H14Cl2O5/c1-10(17(21)22-2)23-16-8-13(5-3-11(16)9-20)24-15-6-4-12(18)7-14(15)19/h3-10H,1-2H3. The molecule has 5 nitrogen and oxygen atoms in total. The highest BCUT2D eigenvalue weighted by molar-refractivity contribution is 6.35. The van der Waals surface area contributed by atoms with Crippen LogP contribution in [-0.4, -0.2) is 25.5 Å². The number of ether oxygens (including phenoxy) is 3. The lowest BCUT2D eigenvalue weighted by Gasteiger charge is -2.15. The third-order valence-corrected chi connectivity index (χ3v) is 3.60. The predicted octanol–water partition coefficient (Wildman–Crippen LogP) is 4.54. The van der Waals surface area contributed by atoms with E-state index in [1.165, 1.54) is 26.2 Å². The van der Waals surface area contributed by atoms with E-state index in [0.29, 0.717) is 27.8 Å². The number of hydrogen-bond donors (Lipinski definition) is 0. The fourth-order valence-electron chi connectivity index (χ4n) is 1.87. The molecule has 0 saturated heterocycles. The second-order valence-corrected chi connectivity index (χ2v) is 5.62. The molecule has 0 N–H and O–H groups in total. The number of halogens is 2. The minimum absolute atomic E-state index is 0.200. The Kier molecular flexibility index (Phi) is 6.06. The number of esters is 1. The molecule has 126 valence electrons. The van der Waals surface area contributed by atoms with Crippen molar-refractivity contribution in [2.75, 3.05) is 7.11 Å². The Bertz CT molecular complexity index is 761. The Morgan fingerprint density at radius 2 is 1.88 bits per heavy atom. The average molecular weight is 369 g/mol. The summed E-state index contributed by atoms with van der Waals surface area (Å²) in [6, 6.07) is 9.41. The Labute approximate surface area is 149 Å². The first-order chi connectivity index (χ1) is 11.4. The van der Waals surface area contributed by atoms with Crippen LogP contribution in [0.4, 0.5) is 0 Å². The van der Waals surface area contributed by atoms with E-state index >= 15 is 0 Å². The molecule has 0 spiro atoms. The number of rotatable bonds is 6. The van der Waals surface area contributed by atoms with Crippen molar-refractivity contribution in [3.63, 3.8) is 0 Å². The van der Waals surface area contributed by atoms with E-state index in [-0.39, 0.29) is 11.3 Å². The van der Waals surface area contributed by atoms with Gasteiger partial charge in [0, 0.05) is 11.1 Å². The molecule has 2 aromatic carbocycles. The lowest BCUT2D eigenvalue weighted by atomic mass is 10.2. The lowest BCUT2D eigenvalue weighted by molar-refractivity contribution is -0.147. The molecule has 0 bridgehead atoms. The Hall–Kier alpha value is -2.24. The first-order valence-corrected chi connectivity index (χ1v) is 7.66. The normalized spacial score (nSPS) is 11.5. The maximum absolute atomic E-state index is 11.5. The summed E-state index contributed by atoms with van der Waals surface area (Å²) in [7, 11) is 1.25. The molecule has 0 amide bonds. The van der Waals surface area contributed by atoms with Crippen LogP contribution < -0.4 is 9.47 Å². The number of benzene rings is 2. The summed E-state index contributed by atoms with van der Waals surface area (Å²) in [5.41, 5.74) is 0.278. The third-order valence-electron chi connectivity index (χ3n) is 3.07. The van der Waals surface area contributed by atoms with Crippen molar-refractivity contribution in [1.29, 1.82) is 0 Å². The molecule has 7 heteroatoms. The molecule has 0 saturated carbocycles. The molecule has 0 fully saturated rings. The summed E-state index contributed by atoms with van der Waals surface area (Å²) in [4.78, 5) is 22.6. The van der Waals surface area contributed by atoms with Gasteiger partial charge in [-0.2, -0.15) is 0 Å². The Morgan fingerprint density at radius 3 is 2.50 bits per heavy atom. The molecular formula is C17H14Cl2O5. The molecule has 0 aliphatic heterocycles. The Balaban J connectivity index is 2.27. The molecule has 24 heavy (non-hydrogen) atoms. The topological polar surface area (TPSA) is 61.8 Å². The quantitative estimate of drug-likeness (QED) is 0.553. The first kappa shape index (κ1) is 18.1. The summed E-state index contributed by atoms with van der Waals surface area (Å²) in [5, 5.41) is 0.826. The van der Waals surface area contributed by atoms with Crippen LogP contribution in [0.5, 0.6) is 17.2 Å². The summed E-state index contributed by atoms with van der Waals surface area (Å²) < 4.78 is 15.7. The highest BCUT2D eigenvalue weighted by Crippen LogP contribution is 2.33. The maximum Gasteiger partial charge on any atom is 0.346 e. The average Bonchev–Trinajstić information content (AvgIpc) is 2.57. The van der Waals surface area contributed by atoms with Gasteiger partial charge in [-0.15, -0.1) is 0 Å². The van der Waals surface area contributed by atoms with E-state index in [0.717, 1.165) is 0 Å². The van der Waals surface area contributed by atoms with Gasteiger partial charge >= 0.3 is 5.97 Å². The predicted molar refractivity (Wildman–Crippen MR) is 90.5 cm³/mol. The van der Waals surface area contributed by atoms with Crippen molar-refractivity contribution in [3.8, 4) is 17.2 Å². The second kappa shape index (κ2) is 8.04. The van der Waals surface area contributed by atoms with Crippen molar-refractivity contribution >= 4 is 35.5 Å². The van der Waals surface area contributed by atoms with E-state index in [1.807, 2.05) is 0 Å². The van der Waals surface area contributed by atoms with E-state index in [1.54, 1.807) is 24.3 Å².